The highest BCUT2D eigenvalue weighted by Crippen LogP contribution is 2.10. The minimum absolute atomic E-state index is 0.532. The van der Waals surface area contributed by atoms with E-state index in [9.17, 15) is 0 Å². The Kier molecular flexibility index (Phi) is 2.93. The molecular formula is C7H10ClNO2. The minimum atomic E-state index is -0.830. The zero-order chi connectivity index (χ0) is 8.27. The van der Waals surface area contributed by atoms with Gasteiger partial charge in [-0.1, -0.05) is 17.7 Å². The van der Waals surface area contributed by atoms with Crippen molar-refractivity contribution in [3.05, 3.63) is 22.9 Å². The Morgan fingerprint density at radius 2 is 2.45 bits per heavy atom. The number of methoxy groups -OCH3 is 1. The van der Waals surface area contributed by atoms with Crippen molar-refractivity contribution in [1.29, 1.82) is 0 Å². The van der Waals surface area contributed by atoms with Crippen LogP contribution in [0.5, 0.6) is 0 Å². The number of aliphatic hydroxyl groups excluding tert-OH is 1. The first-order valence-corrected chi connectivity index (χ1v) is 3.63. The maximum Gasteiger partial charge on any atom is 0.178 e. The van der Waals surface area contributed by atoms with Gasteiger partial charge in [-0.15, -0.1) is 0 Å². The fourth-order valence-electron chi connectivity index (χ4n) is 0.806. The predicted molar refractivity (Wildman–Crippen MR) is 43.0 cm³/mol. The van der Waals surface area contributed by atoms with E-state index in [0.29, 0.717) is 11.7 Å². The molecule has 0 aromatic rings. The van der Waals surface area contributed by atoms with Gasteiger partial charge in [0.1, 0.15) is 5.16 Å². The number of ether oxygens (including phenoxy) is 1. The average Bonchev–Trinajstić information content (AvgIpc) is 2.05. The molecule has 1 heterocycles. The van der Waals surface area contributed by atoms with Crippen LogP contribution in [0.2, 0.25) is 0 Å². The number of hydrogen-bond donors (Lipinski definition) is 2. The lowest BCUT2D eigenvalue weighted by atomic mass is 10.2. The van der Waals surface area contributed by atoms with E-state index >= 15 is 0 Å². The van der Waals surface area contributed by atoms with Crippen molar-refractivity contribution in [3.63, 3.8) is 0 Å². The van der Waals surface area contributed by atoms with E-state index in [1.165, 1.54) is 7.11 Å². The van der Waals surface area contributed by atoms with Crippen molar-refractivity contribution in [2.45, 2.75) is 6.29 Å². The first-order valence-electron chi connectivity index (χ1n) is 3.25. The third-order valence-corrected chi connectivity index (χ3v) is 1.71. The molecule has 1 aliphatic heterocycles. The van der Waals surface area contributed by atoms with Crippen LogP contribution >= 0.6 is 11.6 Å². The van der Waals surface area contributed by atoms with Crippen molar-refractivity contribution in [3.8, 4) is 0 Å². The number of halogens is 1. The summed E-state index contributed by atoms with van der Waals surface area (Å²) in [6, 6.07) is 0. The minimum Gasteiger partial charge on any atom is -0.372 e. The summed E-state index contributed by atoms with van der Waals surface area (Å²) >= 11 is 5.61. The smallest absolute Gasteiger partial charge is 0.178 e. The van der Waals surface area contributed by atoms with Gasteiger partial charge in [0.15, 0.2) is 6.29 Å². The van der Waals surface area contributed by atoms with Crippen molar-refractivity contribution < 1.29 is 9.84 Å². The van der Waals surface area contributed by atoms with E-state index in [1.807, 2.05) is 0 Å². The Labute approximate surface area is 70.3 Å². The molecule has 0 aromatic carbocycles. The van der Waals surface area contributed by atoms with Crippen molar-refractivity contribution in [2.75, 3.05) is 13.7 Å². The van der Waals surface area contributed by atoms with E-state index in [0.717, 1.165) is 5.57 Å². The summed E-state index contributed by atoms with van der Waals surface area (Å²) in [4.78, 5) is 0. The highest BCUT2D eigenvalue weighted by Gasteiger charge is 2.11. The normalized spacial score (nSPS) is 19.9. The Hall–Kier alpha value is -0.510. The number of dihydropyridines is 1. The van der Waals surface area contributed by atoms with Crippen LogP contribution < -0.4 is 5.32 Å². The van der Waals surface area contributed by atoms with E-state index in [-0.39, 0.29) is 0 Å². The van der Waals surface area contributed by atoms with E-state index in [2.05, 4.69) is 5.32 Å². The van der Waals surface area contributed by atoms with Crippen LogP contribution in [0.1, 0.15) is 0 Å². The van der Waals surface area contributed by atoms with Gasteiger partial charge < -0.3 is 15.2 Å². The molecule has 0 aromatic heterocycles. The average molecular weight is 176 g/mol. The number of rotatable bonds is 2. The molecule has 1 atom stereocenters. The van der Waals surface area contributed by atoms with Crippen LogP contribution in [0.15, 0.2) is 22.9 Å². The van der Waals surface area contributed by atoms with Crippen LogP contribution in [0.25, 0.3) is 0 Å². The Morgan fingerprint density at radius 1 is 1.73 bits per heavy atom. The van der Waals surface area contributed by atoms with Gasteiger partial charge in [-0.2, -0.15) is 0 Å². The third kappa shape index (κ3) is 2.22. The topological polar surface area (TPSA) is 41.5 Å². The molecule has 2 N–H and O–H groups in total. The molecule has 0 spiro atoms. The van der Waals surface area contributed by atoms with Crippen LogP contribution in [0, 0.1) is 0 Å². The SMILES string of the molecule is COC(O)C1=CC=C(Cl)NC1. The molecule has 1 unspecified atom stereocenters. The fourth-order valence-corrected chi connectivity index (χ4v) is 0.935. The molecule has 3 nitrogen and oxygen atoms in total. The predicted octanol–water partition coefficient (Wildman–Crippen LogP) is 0.561. The molecule has 1 rings (SSSR count). The highest BCUT2D eigenvalue weighted by molar-refractivity contribution is 6.29. The van der Waals surface area contributed by atoms with Gasteiger partial charge in [-0.25, -0.2) is 0 Å². The third-order valence-electron chi connectivity index (χ3n) is 1.45. The highest BCUT2D eigenvalue weighted by atomic mass is 35.5. The summed E-state index contributed by atoms with van der Waals surface area (Å²) in [7, 11) is 1.45. The van der Waals surface area contributed by atoms with Gasteiger partial charge in [-0.05, 0) is 6.08 Å². The number of hydrogen-bond acceptors (Lipinski definition) is 3. The van der Waals surface area contributed by atoms with Gasteiger partial charge in [0.2, 0.25) is 0 Å². The lowest BCUT2D eigenvalue weighted by Gasteiger charge is -2.16. The maximum absolute atomic E-state index is 9.17. The summed E-state index contributed by atoms with van der Waals surface area (Å²) < 4.78 is 4.70. The van der Waals surface area contributed by atoms with E-state index in [4.69, 9.17) is 21.4 Å². The zero-order valence-electron chi connectivity index (χ0n) is 6.17. The summed E-state index contributed by atoms with van der Waals surface area (Å²) in [5.41, 5.74) is 0.775. The van der Waals surface area contributed by atoms with Crippen LogP contribution in [-0.2, 0) is 4.74 Å². The number of allylic oxidation sites excluding steroid dienone is 2. The Morgan fingerprint density at radius 3 is 2.91 bits per heavy atom. The lowest BCUT2D eigenvalue weighted by Crippen LogP contribution is -2.25. The fraction of sp³-hybridized carbons (Fsp3) is 0.429. The molecule has 0 saturated carbocycles. The van der Waals surface area contributed by atoms with E-state index < -0.39 is 6.29 Å². The van der Waals surface area contributed by atoms with E-state index in [1.54, 1.807) is 12.2 Å². The molecule has 0 fully saturated rings. The standard InChI is InChI=1S/C7H10ClNO2/c1-11-7(10)5-2-3-6(8)9-4-5/h2-3,7,9-10H,4H2,1H3. The van der Waals surface area contributed by atoms with Gasteiger partial charge in [0.05, 0.1) is 0 Å². The first kappa shape index (κ1) is 8.59. The molecule has 0 amide bonds. The number of nitrogens with one attached hydrogen (secondary N) is 1. The van der Waals surface area contributed by atoms with Crippen LogP contribution in [0.4, 0.5) is 0 Å². The second-order valence-electron chi connectivity index (χ2n) is 2.20. The summed E-state index contributed by atoms with van der Waals surface area (Å²) in [5.74, 6) is 0. The molecule has 1 aliphatic rings. The number of aliphatic hydroxyl groups is 1. The Balaban J connectivity index is 2.60. The van der Waals surface area contributed by atoms with Gasteiger partial charge in [0.25, 0.3) is 0 Å². The molecule has 11 heavy (non-hydrogen) atoms. The quantitative estimate of drug-likeness (QED) is 0.476. The van der Waals surface area contributed by atoms with Crippen molar-refractivity contribution >= 4 is 11.6 Å². The molecule has 0 saturated heterocycles. The zero-order valence-corrected chi connectivity index (χ0v) is 6.93. The van der Waals surface area contributed by atoms with Crippen LogP contribution in [-0.4, -0.2) is 25.1 Å². The second kappa shape index (κ2) is 3.76. The van der Waals surface area contributed by atoms with Crippen molar-refractivity contribution in [2.24, 2.45) is 0 Å². The Bertz CT molecular complexity index is 201. The molecule has 0 aliphatic carbocycles. The first-order chi connectivity index (χ1) is 5.24. The van der Waals surface area contributed by atoms with Crippen LogP contribution in [0.3, 0.4) is 0 Å². The van der Waals surface area contributed by atoms with Gasteiger partial charge in [0, 0.05) is 19.2 Å². The summed E-state index contributed by atoms with van der Waals surface area (Å²) in [6.07, 6.45) is 2.60. The molecular weight excluding hydrogens is 166 g/mol. The molecule has 0 radical (unpaired) electrons. The lowest BCUT2D eigenvalue weighted by molar-refractivity contribution is -0.0458. The van der Waals surface area contributed by atoms with Crippen molar-refractivity contribution in [1.82, 2.24) is 5.32 Å². The summed E-state index contributed by atoms with van der Waals surface area (Å²) in [5, 5.41) is 12.6. The largest absolute Gasteiger partial charge is 0.372 e. The monoisotopic (exact) mass is 175 g/mol. The maximum atomic E-state index is 9.17. The van der Waals surface area contributed by atoms with Gasteiger partial charge in [-0.3, -0.25) is 0 Å². The summed E-state index contributed by atoms with van der Waals surface area (Å²) in [6.45, 7) is 0.532. The van der Waals surface area contributed by atoms with Gasteiger partial charge >= 0.3 is 0 Å². The molecule has 62 valence electrons. The molecule has 0 bridgehead atoms. The molecule has 4 heteroatoms. The second-order valence-corrected chi connectivity index (χ2v) is 2.61.